The van der Waals surface area contributed by atoms with E-state index in [2.05, 4.69) is 13.8 Å². The van der Waals surface area contributed by atoms with Crippen LogP contribution in [0.25, 0.3) is 0 Å². The zero-order valence-electron chi connectivity index (χ0n) is 10.5. The molecule has 92 valence electrons. The second-order valence-electron chi connectivity index (χ2n) is 5.72. The van der Waals surface area contributed by atoms with Gasteiger partial charge in [-0.15, -0.1) is 0 Å². The lowest BCUT2D eigenvalue weighted by molar-refractivity contribution is -0.118. The van der Waals surface area contributed by atoms with Crippen LogP contribution in [0.4, 0.5) is 0 Å². The molecule has 0 radical (unpaired) electrons. The van der Waals surface area contributed by atoms with Crippen LogP contribution in [0.3, 0.4) is 0 Å². The first kappa shape index (κ1) is 12.1. The van der Waals surface area contributed by atoms with E-state index in [-0.39, 0.29) is 22.9 Å². The molecule has 1 fully saturated rings. The fourth-order valence-corrected chi connectivity index (χ4v) is 2.96. The van der Waals surface area contributed by atoms with Gasteiger partial charge in [0.05, 0.1) is 0 Å². The highest BCUT2D eigenvalue weighted by atomic mass is 16.3. The SMILES string of the molecule is CC1=CC(=O)C(C2CCCC2(C)C)=C(O)C1=O. The third-order valence-electron chi connectivity index (χ3n) is 4.05. The van der Waals surface area contributed by atoms with Crippen LogP contribution < -0.4 is 0 Å². The Labute approximate surface area is 101 Å². The van der Waals surface area contributed by atoms with E-state index in [4.69, 9.17) is 0 Å². The Hall–Kier alpha value is -1.38. The van der Waals surface area contributed by atoms with E-state index >= 15 is 0 Å². The molecule has 0 aromatic rings. The van der Waals surface area contributed by atoms with Gasteiger partial charge in [0.2, 0.25) is 5.78 Å². The van der Waals surface area contributed by atoms with Crippen molar-refractivity contribution in [3.8, 4) is 0 Å². The number of rotatable bonds is 1. The number of aliphatic hydroxyl groups is 1. The van der Waals surface area contributed by atoms with Gasteiger partial charge in [-0.3, -0.25) is 9.59 Å². The zero-order chi connectivity index (χ0) is 12.8. The monoisotopic (exact) mass is 234 g/mol. The molecular formula is C14H18O3. The predicted molar refractivity (Wildman–Crippen MR) is 64.5 cm³/mol. The van der Waals surface area contributed by atoms with Crippen LogP contribution in [0, 0.1) is 11.3 Å². The van der Waals surface area contributed by atoms with Crippen LogP contribution in [0.15, 0.2) is 23.0 Å². The highest BCUT2D eigenvalue weighted by Gasteiger charge is 2.42. The molecule has 0 saturated heterocycles. The number of hydrogen-bond acceptors (Lipinski definition) is 3. The molecule has 1 unspecified atom stereocenters. The molecule has 0 amide bonds. The Bertz CT molecular complexity index is 452. The van der Waals surface area contributed by atoms with Gasteiger partial charge in [0.15, 0.2) is 11.5 Å². The largest absolute Gasteiger partial charge is 0.504 e. The Balaban J connectivity index is 2.45. The summed E-state index contributed by atoms with van der Waals surface area (Å²) < 4.78 is 0. The summed E-state index contributed by atoms with van der Waals surface area (Å²) in [7, 11) is 0. The molecule has 1 saturated carbocycles. The van der Waals surface area contributed by atoms with Crippen molar-refractivity contribution in [1.29, 1.82) is 0 Å². The van der Waals surface area contributed by atoms with Crippen LogP contribution in [0.5, 0.6) is 0 Å². The van der Waals surface area contributed by atoms with Gasteiger partial charge in [-0.1, -0.05) is 20.3 Å². The number of ketones is 2. The molecule has 2 rings (SSSR count). The molecular weight excluding hydrogens is 216 g/mol. The summed E-state index contributed by atoms with van der Waals surface area (Å²) in [6, 6.07) is 0. The average Bonchev–Trinajstić information content (AvgIpc) is 2.56. The van der Waals surface area contributed by atoms with Crippen molar-refractivity contribution in [1.82, 2.24) is 0 Å². The van der Waals surface area contributed by atoms with Gasteiger partial charge in [-0.25, -0.2) is 0 Å². The fraction of sp³-hybridized carbons (Fsp3) is 0.571. The highest BCUT2D eigenvalue weighted by Crippen LogP contribution is 2.48. The normalized spacial score (nSPS) is 28.6. The van der Waals surface area contributed by atoms with E-state index in [1.54, 1.807) is 6.92 Å². The smallest absolute Gasteiger partial charge is 0.223 e. The van der Waals surface area contributed by atoms with E-state index in [1.807, 2.05) is 0 Å². The number of hydrogen-bond donors (Lipinski definition) is 1. The number of aliphatic hydroxyl groups excluding tert-OH is 1. The first-order chi connectivity index (χ1) is 7.84. The second-order valence-corrected chi connectivity index (χ2v) is 5.72. The minimum atomic E-state index is -0.401. The van der Waals surface area contributed by atoms with Crippen molar-refractivity contribution in [2.75, 3.05) is 0 Å². The van der Waals surface area contributed by atoms with Gasteiger partial charge in [0, 0.05) is 11.1 Å². The third-order valence-corrected chi connectivity index (χ3v) is 4.05. The van der Waals surface area contributed by atoms with Gasteiger partial charge in [-0.2, -0.15) is 0 Å². The third kappa shape index (κ3) is 1.84. The average molecular weight is 234 g/mol. The Kier molecular flexibility index (Phi) is 2.72. The van der Waals surface area contributed by atoms with E-state index in [1.165, 1.54) is 6.08 Å². The quantitative estimate of drug-likeness (QED) is 0.710. The van der Waals surface area contributed by atoms with E-state index in [9.17, 15) is 14.7 Å². The molecule has 2 aliphatic rings. The first-order valence-electron chi connectivity index (χ1n) is 6.05. The van der Waals surface area contributed by atoms with Crippen molar-refractivity contribution in [2.45, 2.75) is 40.0 Å². The fourth-order valence-electron chi connectivity index (χ4n) is 2.96. The van der Waals surface area contributed by atoms with E-state index in [0.29, 0.717) is 11.1 Å². The maximum atomic E-state index is 12.0. The number of carbonyl (C=O) groups excluding carboxylic acids is 2. The van der Waals surface area contributed by atoms with Crippen molar-refractivity contribution in [3.05, 3.63) is 23.0 Å². The van der Waals surface area contributed by atoms with Crippen LogP contribution in [-0.4, -0.2) is 16.7 Å². The Morgan fingerprint density at radius 2 is 2.00 bits per heavy atom. The number of allylic oxidation sites excluding steroid dienone is 3. The van der Waals surface area contributed by atoms with Crippen molar-refractivity contribution < 1.29 is 14.7 Å². The van der Waals surface area contributed by atoms with E-state index in [0.717, 1.165) is 19.3 Å². The van der Waals surface area contributed by atoms with Crippen molar-refractivity contribution in [2.24, 2.45) is 11.3 Å². The topological polar surface area (TPSA) is 54.4 Å². The lowest BCUT2D eigenvalue weighted by Crippen LogP contribution is -2.28. The molecule has 17 heavy (non-hydrogen) atoms. The lowest BCUT2D eigenvalue weighted by atomic mass is 9.74. The molecule has 0 aliphatic heterocycles. The molecule has 1 N–H and O–H groups in total. The van der Waals surface area contributed by atoms with Gasteiger partial charge < -0.3 is 5.11 Å². The molecule has 3 nitrogen and oxygen atoms in total. The summed E-state index contributed by atoms with van der Waals surface area (Å²) in [5.41, 5.74) is 0.647. The van der Waals surface area contributed by atoms with Crippen LogP contribution in [0.1, 0.15) is 40.0 Å². The molecule has 1 atom stereocenters. The second kappa shape index (κ2) is 3.83. The summed E-state index contributed by atoms with van der Waals surface area (Å²) in [5, 5.41) is 9.94. The summed E-state index contributed by atoms with van der Waals surface area (Å²) >= 11 is 0. The molecule has 2 aliphatic carbocycles. The maximum absolute atomic E-state index is 12.0. The van der Waals surface area contributed by atoms with Gasteiger partial charge in [-0.05, 0) is 37.2 Å². The Morgan fingerprint density at radius 1 is 1.35 bits per heavy atom. The minimum Gasteiger partial charge on any atom is -0.504 e. The minimum absolute atomic E-state index is 0.00306. The van der Waals surface area contributed by atoms with Gasteiger partial charge in [0.25, 0.3) is 0 Å². The van der Waals surface area contributed by atoms with Crippen LogP contribution in [-0.2, 0) is 9.59 Å². The molecule has 0 aromatic heterocycles. The number of Topliss-reactive ketones (excluding diaryl/α,β-unsaturated/α-hetero) is 1. The maximum Gasteiger partial charge on any atom is 0.223 e. The van der Waals surface area contributed by atoms with Gasteiger partial charge in [0.1, 0.15) is 0 Å². The summed E-state index contributed by atoms with van der Waals surface area (Å²) in [5.74, 6) is -0.917. The molecule has 3 heteroatoms. The van der Waals surface area contributed by atoms with Crippen LogP contribution in [0.2, 0.25) is 0 Å². The number of carbonyl (C=O) groups is 2. The highest BCUT2D eigenvalue weighted by molar-refractivity contribution is 6.21. The lowest BCUT2D eigenvalue weighted by Gasteiger charge is -2.29. The first-order valence-corrected chi connectivity index (χ1v) is 6.05. The zero-order valence-corrected chi connectivity index (χ0v) is 10.5. The Morgan fingerprint density at radius 3 is 2.53 bits per heavy atom. The molecule has 0 bridgehead atoms. The molecule has 0 heterocycles. The van der Waals surface area contributed by atoms with Crippen LogP contribution >= 0.6 is 0 Å². The van der Waals surface area contributed by atoms with Crippen molar-refractivity contribution in [3.63, 3.8) is 0 Å². The molecule has 0 spiro atoms. The summed E-state index contributed by atoms with van der Waals surface area (Å²) in [4.78, 5) is 23.7. The predicted octanol–water partition coefficient (Wildman–Crippen LogP) is 2.72. The summed E-state index contributed by atoms with van der Waals surface area (Å²) in [6.45, 7) is 5.74. The van der Waals surface area contributed by atoms with E-state index < -0.39 is 5.78 Å². The van der Waals surface area contributed by atoms with Gasteiger partial charge >= 0.3 is 0 Å². The summed E-state index contributed by atoms with van der Waals surface area (Å²) in [6.07, 6.45) is 4.29. The molecule has 0 aromatic carbocycles. The van der Waals surface area contributed by atoms with Crippen molar-refractivity contribution >= 4 is 11.6 Å². The standard InChI is InChI=1S/C14H18O3/c1-8-7-10(15)11(13(17)12(8)16)9-5-4-6-14(9,2)3/h7,9,17H,4-6H2,1-3H3.